The minimum absolute atomic E-state index is 0.00600. The molecule has 1 fully saturated rings. The molecular weight excluding hydrogens is 286 g/mol. The molecule has 1 heterocycles. The van der Waals surface area contributed by atoms with Crippen molar-refractivity contribution in [3.05, 3.63) is 21.3 Å². The number of rotatable bonds is 5. The number of nitrogens with one attached hydrogen (secondary N) is 1. The lowest BCUT2D eigenvalue weighted by Gasteiger charge is -2.16. The summed E-state index contributed by atoms with van der Waals surface area (Å²) in [7, 11) is 0. The van der Waals surface area contributed by atoms with Gasteiger partial charge in [-0.1, -0.05) is 24.4 Å². The van der Waals surface area contributed by atoms with Gasteiger partial charge in [0.25, 0.3) is 0 Å². The zero-order valence-electron chi connectivity index (χ0n) is 10.4. The van der Waals surface area contributed by atoms with Crippen LogP contribution in [0.25, 0.3) is 0 Å². The van der Waals surface area contributed by atoms with Crippen molar-refractivity contribution in [2.75, 3.05) is 0 Å². The van der Waals surface area contributed by atoms with Gasteiger partial charge in [-0.05, 0) is 31.9 Å². The second-order valence-electron chi connectivity index (χ2n) is 4.65. The summed E-state index contributed by atoms with van der Waals surface area (Å²) in [5.41, 5.74) is 0. The van der Waals surface area contributed by atoms with E-state index >= 15 is 0 Å². The summed E-state index contributed by atoms with van der Waals surface area (Å²) >= 11 is 9.14. The van der Waals surface area contributed by atoms with Crippen molar-refractivity contribution in [1.82, 2.24) is 5.32 Å². The van der Waals surface area contributed by atoms with E-state index < -0.39 is 0 Å². The molecule has 0 aromatic carbocycles. The summed E-state index contributed by atoms with van der Waals surface area (Å²) in [6.45, 7) is 1.98. The van der Waals surface area contributed by atoms with Crippen molar-refractivity contribution in [3.63, 3.8) is 0 Å². The number of halogens is 1. The SMILES string of the molecule is CC(SCc1ccc(Cl)s1)C(=O)NC1CCCC1. The zero-order chi connectivity index (χ0) is 13.0. The van der Waals surface area contributed by atoms with Gasteiger partial charge in [-0.15, -0.1) is 23.1 Å². The summed E-state index contributed by atoms with van der Waals surface area (Å²) in [6, 6.07) is 4.35. The van der Waals surface area contributed by atoms with Crippen LogP contribution in [-0.4, -0.2) is 17.2 Å². The molecule has 0 saturated heterocycles. The highest BCUT2D eigenvalue weighted by atomic mass is 35.5. The van der Waals surface area contributed by atoms with Gasteiger partial charge in [0.05, 0.1) is 9.59 Å². The average molecular weight is 304 g/mol. The first-order valence-corrected chi connectivity index (χ1v) is 8.55. The van der Waals surface area contributed by atoms with E-state index in [4.69, 9.17) is 11.6 Å². The van der Waals surface area contributed by atoms with Crippen LogP contribution in [0, 0.1) is 0 Å². The van der Waals surface area contributed by atoms with Crippen LogP contribution >= 0.6 is 34.7 Å². The molecule has 18 heavy (non-hydrogen) atoms. The maximum absolute atomic E-state index is 12.0. The molecular formula is C13H18ClNOS2. The Morgan fingerprint density at radius 2 is 2.28 bits per heavy atom. The molecule has 1 N–H and O–H groups in total. The van der Waals surface area contributed by atoms with Crippen LogP contribution in [0.15, 0.2) is 12.1 Å². The molecule has 100 valence electrons. The molecule has 5 heteroatoms. The minimum atomic E-state index is 0.00600. The maximum atomic E-state index is 12.0. The minimum Gasteiger partial charge on any atom is -0.352 e. The van der Waals surface area contributed by atoms with Gasteiger partial charge in [0.2, 0.25) is 5.91 Å². The predicted octanol–water partition coefficient (Wildman–Crippen LogP) is 4.08. The van der Waals surface area contributed by atoms with Crippen LogP contribution in [0.4, 0.5) is 0 Å². The molecule has 1 saturated carbocycles. The molecule has 0 aliphatic heterocycles. The number of thiophene rings is 1. The lowest BCUT2D eigenvalue weighted by molar-refractivity contribution is -0.120. The lowest BCUT2D eigenvalue weighted by Crippen LogP contribution is -2.37. The predicted molar refractivity (Wildman–Crippen MR) is 80.5 cm³/mol. The monoisotopic (exact) mass is 303 g/mol. The summed E-state index contributed by atoms with van der Waals surface area (Å²) in [6.07, 6.45) is 4.79. The third kappa shape index (κ3) is 4.18. The van der Waals surface area contributed by atoms with Crippen molar-refractivity contribution < 1.29 is 4.79 Å². The highest BCUT2D eigenvalue weighted by Gasteiger charge is 2.20. The van der Waals surface area contributed by atoms with Gasteiger partial charge in [-0.25, -0.2) is 0 Å². The highest BCUT2D eigenvalue weighted by Crippen LogP contribution is 2.27. The Morgan fingerprint density at radius 1 is 1.56 bits per heavy atom. The van der Waals surface area contributed by atoms with Gasteiger partial charge in [0, 0.05) is 16.7 Å². The van der Waals surface area contributed by atoms with E-state index in [0.717, 1.165) is 22.9 Å². The van der Waals surface area contributed by atoms with E-state index in [9.17, 15) is 4.79 Å². The van der Waals surface area contributed by atoms with Crippen molar-refractivity contribution in [2.45, 2.75) is 49.7 Å². The van der Waals surface area contributed by atoms with Gasteiger partial charge in [0.1, 0.15) is 0 Å². The topological polar surface area (TPSA) is 29.1 Å². The van der Waals surface area contributed by atoms with Gasteiger partial charge in [-0.3, -0.25) is 4.79 Å². The second-order valence-corrected chi connectivity index (χ2v) is 7.78. The normalized spacial score (nSPS) is 17.9. The molecule has 2 rings (SSSR count). The highest BCUT2D eigenvalue weighted by molar-refractivity contribution is 7.99. The third-order valence-electron chi connectivity index (χ3n) is 3.18. The zero-order valence-corrected chi connectivity index (χ0v) is 12.8. The molecule has 1 amide bonds. The third-order valence-corrected chi connectivity index (χ3v) is 5.78. The Bertz CT molecular complexity index is 401. The van der Waals surface area contributed by atoms with Gasteiger partial charge in [0.15, 0.2) is 0 Å². The second kappa shape index (κ2) is 6.83. The van der Waals surface area contributed by atoms with E-state index in [-0.39, 0.29) is 11.2 Å². The summed E-state index contributed by atoms with van der Waals surface area (Å²) in [5.74, 6) is 1.03. The standard InChI is InChI=1S/C13H18ClNOS2/c1-9(13(16)15-10-4-2-3-5-10)17-8-11-6-7-12(14)18-11/h6-7,9-10H,2-5,8H2,1H3,(H,15,16). The first kappa shape index (κ1) is 14.2. The Kier molecular flexibility index (Phi) is 5.39. The smallest absolute Gasteiger partial charge is 0.233 e. The molecule has 0 bridgehead atoms. The van der Waals surface area contributed by atoms with Crippen LogP contribution in [0.3, 0.4) is 0 Å². The lowest BCUT2D eigenvalue weighted by atomic mass is 10.2. The summed E-state index contributed by atoms with van der Waals surface area (Å²) < 4.78 is 0.814. The fourth-order valence-corrected chi connectivity index (χ4v) is 4.15. The molecule has 1 aliphatic rings. The number of hydrogen-bond donors (Lipinski definition) is 1. The fourth-order valence-electron chi connectivity index (χ4n) is 2.10. The first-order chi connectivity index (χ1) is 8.65. The molecule has 1 aromatic heterocycles. The van der Waals surface area contributed by atoms with Gasteiger partial charge < -0.3 is 5.32 Å². The van der Waals surface area contributed by atoms with Crippen LogP contribution in [0.5, 0.6) is 0 Å². The Morgan fingerprint density at radius 3 is 2.89 bits per heavy atom. The van der Waals surface area contributed by atoms with Gasteiger partial charge >= 0.3 is 0 Å². The molecule has 2 nitrogen and oxygen atoms in total. The van der Waals surface area contributed by atoms with Crippen LogP contribution < -0.4 is 5.32 Å². The number of hydrogen-bond acceptors (Lipinski definition) is 3. The number of carbonyl (C=O) groups excluding carboxylic acids is 1. The van der Waals surface area contributed by atoms with E-state index in [2.05, 4.69) is 5.32 Å². The van der Waals surface area contributed by atoms with Crippen LogP contribution in [0.2, 0.25) is 4.34 Å². The Hall–Kier alpha value is -0.190. The average Bonchev–Trinajstić information content (AvgIpc) is 2.97. The first-order valence-electron chi connectivity index (χ1n) is 6.31. The van der Waals surface area contributed by atoms with Crippen molar-refractivity contribution >= 4 is 40.6 Å². The van der Waals surface area contributed by atoms with E-state index in [1.165, 1.54) is 17.7 Å². The van der Waals surface area contributed by atoms with Crippen molar-refractivity contribution in [1.29, 1.82) is 0 Å². The molecule has 0 spiro atoms. The summed E-state index contributed by atoms with van der Waals surface area (Å²) in [4.78, 5) is 13.2. The molecule has 0 radical (unpaired) electrons. The molecule has 1 unspecified atom stereocenters. The van der Waals surface area contributed by atoms with Crippen LogP contribution in [0.1, 0.15) is 37.5 Å². The summed E-state index contributed by atoms with van der Waals surface area (Å²) in [5, 5.41) is 3.14. The Labute approximate surface area is 121 Å². The largest absolute Gasteiger partial charge is 0.352 e. The van der Waals surface area contributed by atoms with Gasteiger partial charge in [-0.2, -0.15) is 0 Å². The number of thioether (sulfide) groups is 1. The van der Waals surface area contributed by atoms with E-state index in [1.807, 2.05) is 19.1 Å². The van der Waals surface area contributed by atoms with Crippen molar-refractivity contribution in [3.8, 4) is 0 Å². The Balaban J connectivity index is 1.73. The maximum Gasteiger partial charge on any atom is 0.233 e. The molecule has 1 aliphatic carbocycles. The number of amides is 1. The number of carbonyl (C=O) groups is 1. The molecule has 1 aromatic rings. The fraction of sp³-hybridized carbons (Fsp3) is 0.615. The van der Waals surface area contributed by atoms with E-state index in [1.54, 1.807) is 23.1 Å². The molecule has 1 atom stereocenters. The van der Waals surface area contributed by atoms with E-state index in [0.29, 0.717) is 6.04 Å². The van der Waals surface area contributed by atoms with Crippen molar-refractivity contribution in [2.24, 2.45) is 0 Å². The quantitative estimate of drug-likeness (QED) is 0.888. The van der Waals surface area contributed by atoms with Crippen LogP contribution in [-0.2, 0) is 10.5 Å².